The Balaban J connectivity index is 2.19. The number of nitrogens with zero attached hydrogens (tertiary/aromatic N) is 3. The Bertz CT molecular complexity index is 508. The third kappa shape index (κ3) is 3.03. The summed E-state index contributed by atoms with van der Waals surface area (Å²) in [6.45, 7) is 5.54. The number of nitrogens with one attached hydrogen (secondary N) is 1. The summed E-state index contributed by atoms with van der Waals surface area (Å²) >= 11 is 6.07. The van der Waals surface area contributed by atoms with E-state index in [4.69, 9.17) is 11.6 Å². The highest BCUT2D eigenvalue weighted by Gasteiger charge is 2.40. The van der Waals surface area contributed by atoms with Crippen molar-refractivity contribution in [1.82, 2.24) is 15.3 Å². The van der Waals surface area contributed by atoms with Gasteiger partial charge in [0.1, 0.15) is 16.8 Å². The minimum atomic E-state index is -0.364. The van der Waals surface area contributed by atoms with Crippen LogP contribution in [0, 0.1) is 5.41 Å². The SMILES string of the molecule is CCCc1nc(Cl)cc(N2CCC(C)(C(=O)NC)C2)n1. The first-order valence-corrected chi connectivity index (χ1v) is 7.37. The van der Waals surface area contributed by atoms with Crippen molar-refractivity contribution < 1.29 is 4.79 Å². The number of carbonyl (C=O) groups excluding carboxylic acids is 1. The van der Waals surface area contributed by atoms with Crippen molar-refractivity contribution >= 4 is 23.3 Å². The molecule has 110 valence electrons. The zero-order valence-corrected chi connectivity index (χ0v) is 13.0. The van der Waals surface area contributed by atoms with Gasteiger partial charge in [0.15, 0.2) is 0 Å². The number of aryl methyl sites for hydroxylation is 1. The first-order valence-electron chi connectivity index (χ1n) is 6.99. The lowest BCUT2D eigenvalue weighted by atomic mass is 9.89. The van der Waals surface area contributed by atoms with E-state index < -0.39 is 0 Å². The highest BCUT2D eigenvalue weighted by molar-refractivity contribution is 6.29. The molecule has 5 nitrogen and oxygen atoms in total. The van der Waals surface area contributed by atoms with Crippen LogP contribution in [-0.4, -0.2) is 36.0 Å². The summed E-state index contributed by atoms with van der Waals surface area (Å²) in [5, 5.41) is 3.20. The van der Waals surface area contributed by atoms with Gasteiger partial charge in [-0.1, -0.05) is 18.5 Å². The van der Waals surface area contributed by atoms with Crippen LogP contribution in [0.4, 0.5) is 5.82 Å². The van der Waals surface area contributed by atoms with E-state index in [1.807, 2.05) is 6.92 Å². The lowest BCUT2D eigenvalue weighted by Crippen LogP contribution is -2.39. The third-order valence-electron chi connectivity index (χ3n) is 3.77. The smallest absolute Gasteiger partial charge is 0.227 e. The molecule has 0 aromatic carbocycles. The molecule has 1 fully saturated rings. The predicted octanol–water partition coefficient (Wildman–Crippen LogP) is 2.04. The van der Waals surface area contributed by atoms with Crippen molar-refractivity contribution in [3.63, 3.8) is 0 Å². The maximum atomic E-state index is 12.0. The molecule has 6 heteroatoms. The van der Waals surface area contributed by atoms with Crippen LogP contribution < -0.4 is 10.2 Å². The highest BCUT2D eigenvalue weighted by Crippen LogP contribution is 2.33. The molecule has 0 bridgehead atoms. The van der Waals surface area contributed by atoms with Crippen LogP contribution in [-0.2, 0) is 11.2 Å². The van der Waals surface area contributed by atoms with Crippen molar-refractivity contribution in [2.24, 2.45) is 5.41 Å². The van der Waals surface area contributed by atoms with Gasteiger partial charge in [0.2, 0.25) is 5.91 Å². The van der Waals surface area contributed by atoms with Gasteiger partial charge in [-0.05, 0) is 19.8 Å². The van der Waals surface area contributed by atoms with E-state index in [1.165, 1.54) is 0 Å². The number of hydrogen-bond acceptors (Lipinski definition) is 4. The Hall–Kier alpha value is -1.36. The predicted molar refractivity (Wildman–Crippen MR) is 80.0 cm³/mol. The maximum Gasteiger partial charge on any atom is 0.227 e. The monoisotopic (exact) mass is 296 g/mol. The molecule has 1 aromatic heterocycles. The van der Waals surface area contributed by atoms with Gasteiger partial charge in [0.05, 0.1) is 5.41 Å². The fraction of sp³-hybridized carbons (Fsp3) is 0.643. The largest absolute Gasteiger partial charge is 0.359 e. The topological polar surface area (TPSA) is 58.1 Å². The molecule has 1 saturated heterocycles. The summed E-state index contributed by atoms with van der Waals surface area (Å²) < 4.78 is 0. The molecule has 1 atom stereocenters. The van der Waals surface area contributed by atoms with Crippen LogP contribution in [0.2, 0.25) is 5.15 Å². The van der Waals surface area contributed by atoms with Crippen molar-refractivity contribution in [3.8, 4) is 0 Å². The zero-order chi connectivity index (χ0) is 14.8. The normalized spacial score (nSPS) is 22.1. The van der Waals surface area contributed by atoms with Gasteiger partial charge in [-0.2, -0.15) is 0 Å². The fourth-order valence-electron chi connectivity index (χ4n) is 2.59. The average molecular weight is 297 g/mol. The molecular formula is C14H21ClN4O. The second-order valence-electron chi connectivity index (χ2n) is 5.53. The number of hydrogen-bond donors (Lipinski definition) is 1. The second kappa shape index (κ2) is 5.95. The van der Waals surface area contributed by atoms with E-state index in [0.29, 0.717) is 11.7 Å². The van der Waals surface area contributed by atoms with E-state index in [9.17, 15) is 4.79 Å². The summed E-state index contributed by atoms with van der Waals surface area (Å²) in [4.78, 5) is 22.9. The van der Waals surface area contributed by atoms with E-state index in [1.54, 1.807) is 13.1 Å². The highest BCUT2D eigenvalue weighted by atomic mass is 35.5. The summed E-state index contributed by atoms with van der Waals surface area (Å²) in [7, 11) is 1.68. The van der Waals surface area contributed by atoms with Crippen LogP contribution in [0.5, 0.6) is 0 Å². The van der Waals surface area contributed by atoms with Crippen molar-refractivity contribution in [2.75, 3.05) is 25.0 Å². The van der Waals surface area contributed by atoms with Gasteiger partial charge in [0, 0.05) is 32.6 Å². The molecule has 1 unspecified atom stereocenters. The molecule has 1 amide bonds. The first-order chi connectivity index (χ1) is 9.48. The molecule has 1 aliphatic rings. The molecule has 0 saturated carbocycles. The molecule has 1 N–H and O–H groups in total. The van der Waals surface area contributed by atoms with Crippen molar-refractivity contribution in [1.29, 1.82) is 0 Å². The van der Waals surface area contributed by atoms with Gasteiger partial charge in [0.25, 0.3) is 0 Å². The molecule has 1 aromatic rings. The zero-order valence-electron chi connectivity index (χ0n) is 12.2. The van der Waals surface area contributed by atoms with Gasteiger partial charge < -0.3 is 10.2 Å². The quantitative estimate of drug-likeness (QED) is 0.864. The number of aromatic nitrogens is 2. The Morgan fingerprint density at radius 1 is 1.55 bits per heavy atom. The number of carbonyl (C=O) groups is 1. The Labute approximate surface area is 124 Å². The van der Waals surface area contributed by atoms with Gasteiger partial charge in [-0.15, -0.1) is 0 Å². The molecule has 20 heavy (non-hydrogen) atoms. The number of anilines is 1. The average Bonchev–Trinajstić information content (AvgIpc) is 2.81. The molecule has 2 heterocycles. The standard InChI is InChI=1S/C14H21ClN4O/c1-4-5-11-17-10(15)8-12(18-11)19-7-6-14(2,9-19)13(20)16-3/h8H,4-7,9H2,1-3H3,(H,16,20). The van der Waals surface area contributed by atoms with Crippen molar-refractivity contribution in [2.45, 2.75) is 33.1 Å². The van der Waals surface area contributed by atoms with Crippen molar-refractivity contribution in [3.05, 3.63) is 17.0 Å². The maximum absolute atomic E-state index is 12.0. The van der Waals surface area contributed by atoms with E-state index in [0.717, 1.165) is 37.4 Å². The molecule has 0 aliphatic carbocycles. The molecule has 0 spiro atoms. The Morgan fingerprint density at radius 3 is 2.95 bits per heavy atom. The Kier molecular flexibility index (Phi) is 4.48. The molecule has 0 radical (unpaired) electrons. The van der Waals surface area contributed by atoms with Crippen LogP contribution in [0.3, 0.4) is 0 Å². The van der Waals surface area contributed by atoms with E-state index in [-0.39, 0.29) is 11.3 Å². The molecular weight excluding hydrogens is 276 g/mol. The summed E-state index contributed by atoms with van der Waals surface area (Å²) in [5.41, 5.74) is -0.364. The molecule has 1 aliphatic heterocycles. The van der Waals surface area contributed by atoms with Crippen LogP contribution in [0.25, 0.3) is 0 Å². The van der Waals surface area contributed by atoms with Gasteiger partial charge in [-0.3, -0.25) is 4.79 Å². The number of rotatable bonds is 4. The minimum absolute atomic E-state index is 0.0777. The Morgan fingerprint density at radius 2 is 2.30 bits per heavy atom. The third-order valence-corrected chi connectivity index (χ3v) is 3.97. The number of halogens is 1. The molecule has 2 rings (SSSR count). The minimum Gasteiger partial charge on any atom is -0.359 e. The number of amides is 1. The van der Waals surface area contributed by atoms with E-state index in [2.05, 4.69) is 27.1 Å². The van der Waals surface area contributed by atoms with E-state index >= 15 is 0 Å². The first kappa shape index (κ1) is 15.0. The summed E-state index contributed by atoms with van der Waals surface area (Å²) in [6.07, 6.45) is 2.61. The van der Waals surface area contributed by atoms with Gasteiger partial charge >= 0.3 is 0 Å². The summed E-state index contributed by atoms with van der Waals surface area (Å²) in [6, 6.07) is 1.77. The van der Waals surface area contributed by atoms with Crippen LogP contribution >= 0.6 is 11.6 Å². The summed E-state index contributed by atoms with van der Waals surface area (Å²) in [5.74, 6) is 1.67. The van der Waals surface area contributed by atoms with Crippen LogP contribution in [0.15, 0.2) is 6.07 Å². The van der Waals surface area contributed by atoms with Gasteiger partial charge in [-0.25, -0.2) is 9.97 Å². The fourth-order valence-corrected chi connectivity index (χ4v) is 2.79. The van der Waals surface area contributed by atoms with Crippen LogP contribution in [0.1, 0.15) is 32.5 Å². The lowest BCUT2D eigenvalue weighted by Gasteiger charge is -2.23. The lowest BCUT2D eigenvalue weighted by molar-refractivity contribution is -0.128. The second-order valence-corrected chi connectivity index (χ2v) is 5.91.